The van der Waals surface area contributed by atoms with Crippen LogP contribution in [0.15, 0.2) is 70.3 Å². The van der Waals surface area contributed by atoms with Crippen LogP contribution in [0.2, 0.25) is 0 Å². The number of nitrogens with zero attached hydrogens (tertiary/aromatic N) is 3. The van der Waals surface area contributed by atoms with E-state index in [1.165, 1.54) is 50.1 Å². The van der Waals surface area contributed by atoms with Gasteiger partial charge in [-0.15, -0.1) is 0 Å². The number of unbranched alkanes of at least 4 members (excludes halogenated alkanes) is 5. The van der Waals surface area contributed by atoms with Gasteiger partial charge < -0.3 is 10.6 Å². The minimum Gasteiger partial charge on any atom is -0.340 e. The van der Waals surface area contributed by atoms with E-state index in [4.69, 9.17) is 4.99 Å². The molecule has 2 N–H and O–H groups in total. The van der Waals surface area contributed by atoms with Crippen LogP contribution in [-0.2, 0) is 12.4 Å². The second-order valence-electron chi connectivity index (χ2n) is 10.8. The molecule has 0 radical (unpaired) electrons. The zero-order valence-electron chi connectivity index (χ0n) is 23.7. The summed E-state index contributed by atoms with van der Waals surface area (Å²) in [5.74, 6) is 0.837. The van der Waals surface area contributed by atoms with Gasteiger partial charge in [0.1, 0.15) is 11.7 Å². The molecule has 226 valence electrons. The van der Waals surface area contributed by atoms with Crippen molar-refractivity contribution in [3.63, 3.8) is 0 Å². The van der Waals surface area contributed by atoms with Crippen LogP contribution < -0.4 is 10.6 Å². The summed E-state index contributed by atoms with van der Waals surface area (Å²) < 4.78 is 80.5. The van der Waals surface area contributed by atoms with Crippen molar-refractivity contribution in [3.05, 3.63) is 77.1 Å². The van der Waals surface area contributed by atoms with E-state index in [-0.39, 0.29) is 12.1 Å². The normalized spacial score (nSPS) is 19.0. The average Bonchev–Trinajstić information content (AvgIpc) is 2.93. The lowest BCUT2D eigenvalue weighted by Gasteiger charge is -2.36. The maximum absolute atomic E-state index is 13.8. The van der Waals surface area contributed by atoms with Crippen LogP contribution in [0.3, 0.4) is 0 Å². The topological polar surface area (TPSA) is 61.7 Å². The lowest BCUT2D eigenvalue weighted by molar-refractivity contribution is -0.138. The number of allylic oxidation sites excluding steroid dienone is 2. The first-order valence-electron chi connectivity index (χ1n) is 14.2. The summed E-state index contributed by atoms with van der Waals surface area (Å²) >= 11 is 0. The zero-order chi connectivity index (χ0) is 30.4. The average molecular weight is 592 g/mol. The molecule has 0 fully saturated rings. The van der Waals surface area contributed by atoms with E-state index in [2.05, 4.69) is 27.5 Å². The molecule has 2 heterocycles. The van der Waals surface area contributed by atoms with E-state index in [1.807, 2.05) is 6.92 Å². The number of anilines is 1. The molecule has 0 saturated heterocycles. The first kappa shape index (κ1) is 31.5. The number of hydrogen-bond acceptors (Lipinski definition) is 5. The highest BCUT2D eigenvalue weighted by atomic mass is 19.4. The SMILES string of the molecule is CCCCCCCCNCC1=NC2(C)CC(c3ncccc3C(F)(F)F)=CC=C2C(Nc2ccc(C(F)(F)F)cc2)=N1. The molecule has 1 unspecified atom stereocenters. The number of aromatic nitrogens is 1. The molecule has 4 rings (SSSR count). The van der Waals surface area contributed by atoms with Crippen LogP contribution in [0.4, 0.5) is 32.0 Å². The van der Waals surface area contributed by atoms with Gasteiger partial charge in [0.25, 0.3) is 0 Å². The number of halogens is 6. The molecule has 11 heteroatoms. The van der Waals surface area contributed by atoms with Gasteiger partial charge in [-0.1, -0.05) is 51.2 Å². The molecule has 2 aromatic rings. The number of rotatable bonds is 11. The number of benzene rings is 1. The Morgan fingerprint density at radius 1 is 0.881 bits per heavy atom. The Morgan fingerprint density at radius 3 is 2.29 bits per heavy atom. The van der Waals surface area contributed by atoms with E-state index in [1.54, 1.807) is 12.2 Å². The largest absolute Gasteiger partial charge is 0.418 e. The van der Waals surface area contributed by atoms with E-state index < -0.39 is 29.0 Å². The molecule has 5 nitrogen and oxygen atoms in total. The van der Waals surface area contributed by atoms with E-state index >= 15 is 0 Å². The highest BCUT2D eigenvalue weighted by molar-refractivity contribution is 6.17. The molecular weight excluding hydrogens is 556 g/mol. The second kappa shape index (κ2) is 13.2. The van der Waals surface area contributed by atoms with Crippen molar-refractivity contribution in [2.24, 2.45) is 9.98 Å². The fourth-order valence-electron chi connectivity index (χ4n) is 5.16. The molecular formula is C31H35F6N5. The fourth-order valence-corrected chi connectivity index (χ4v) is 5.16. The Hall–Kier alpha value is -3.47. The highest BCUT2D eigenvalue weighted by Crippen LogP contribution is 2.42. The first-order valence-corrected chi connectivity index (χ1v) is 14.2. The van der Waals surface area contributed by atoms with Crippen LogP contribution in [-0.4, -0.2) is 35.3 Å². The quantitative estimate of drug-likeness (QED) is 0.204. The minimum absolute atomic E-state index is 0.133. The summed E-state index contributed by atoms with van der Waals surface area (Å²) in [5, 5.41) is 6.47. The molecule has 1 aromatic carbocycles. The maximum atomic E-state index is 13.8. The smallest absolute Gasteiger partial charge is 0.340 e. The maximum Gasteiger partial charge on any atom is 0.418 e. The Kier molecular flexibility index (Phi) is 9.91. The van der Waals surface area contributed by atoms with Crippen molar-refractivity contribution in [2.45, 2.75) is 76.7 Å². The lowest BCUT2D eigenvalue weighted by Crippen LogP contribution is -2.41. The lowest BCUT2D eigenvalue weighted by atomic mass is 9.78. The van der Waals surface area contributed by atoms with Gasteiger partial charge in [-0.3, -0.25) is 9.98 Å². The molecule has 1 aromatic heterocycles. The van der Waals surface area contributed by atoms with Gasteiger partial charge in [-0.25, -0.2) is 4.99 Å². The highest BCUT2D eigenvalue weighted by Gasteiger charge is 2.41. The number of alkyl halides is 6. The Balaban J connectivity index is 1.59. The van der Waals surface area contributed by atoms with Crippen LogP contribution >= 0.6 is 0 Å². The van der Waals surface area contributed by atoms with Gasteiger partial charge in [-0.2, -0.15) is 26.3 Å². The molecule has 1 aliphatic carbocycles. The molecule has 0 bridgehead atoms. The Morgan fingerprint density at radius 2 is 1.60 bits per heavy atom. The second-order valence-corrected chi connectivity index (χ2v) is 10.8. The third-order valence-corrected chi connectivity index (χ3v) is 7.32. The number of hydrogen-bond donors (Lipinski definition) is 2. The third kappa shape index (κ3) is 7.87. The van der Waals surface area contributed by atoms with Crippen LogP contribution in [0, 0.1) is 0 Å². The monoisotopic (exact) mass is 591 g/mol. The summed E-state index contributed by atoms with van der Waals surface area (Å²) in [7, 11) is 0. The van der Waals surface area contributed by atoms with E-state index in [0.717, 1.165) is 37.6 Å². The van der Waals surface area contributed by atoms with Gasteiger partial charge in [-0.05, 0) is 61.9 Å². The summed E-state index contributed by atoms with van der Waals surface area (Å²) in [4.78, 5) is 13.6. The summed E-state index contributed by atoms with van der Waals surface area (Å²) in [6.07, 6.45) is 2.55. The predicted molar refractivity (Wildman–Crippen MR) is 155 cm³/mol. The van der Waals surface area contributed by atoms with Crippen molar-refractivity contribution in [3.8, 4) is 0 Å². The third-order valence-electron chi connectivity index (χ3n) is 7.32. The first-order chi connectivity index (χ1) is 19.9. The standard InChI is InChI=1S/C31H35F6N5/c1-3-4-5-6-7-8-17-38-20-26-41-28(40-23-14-12-22(13-15-23)30(32,33)34)25-16-11-21(19-29(25,2)42-26)27-24(31(35,36)37)10-9-18-39-27/h9-16,18,38H,3-8,17,19-20H2,1-2H3,(H,40,41,42). The molecule has 0 spiro atoms. The summed E-state index contributed by atoms with van der Waals surface area (Å²) in [5.41, 5.74) is -1.33. The van der Waals surface area contributed by atoms with Crippen LogP contribution in [0.5, 0.6) is 0 Å². The number of pyridine rings is 1. The van der Waals surface area contributed by atoms with E-state index in [9.17, 15) is 26.3 Å². The number of nitrogens with one attached hydrogen (secondary N) is 2. The number of aliphatic imine (C=N–C) groups is 2. The fraction of sp³-hybridized carbons (Fsp3) is 0.452. The van der Waals surface area contributed by atoms with Gasteiger partial charge in [0.2, 0.25) is 0 Å². The molecule has 1 atom stereocenters. The summed E-state index contributed by atoms with van der Waals surface area (Å²) in [6, 6.07) is 6.86. The zero-order valence-corrected chi connectivity index (χ0v) is 23.7. The predicted octanol–water partition coefficient (Wildman–Crippen LogP) is 8.46. The molecule has 0 saturated carbocycles. The molecule has 42 heavy (non-hydrogen) atoms. The van der Waals surface area contributed by atoms with Gasteiger partial charge in [0.05, 0.1) is 28.9 Å². The van der Waals surface area contributed by atoms with E-state index in [0.29, 0.717) is 35.0 Å². The van der Waals surface area contributed by atoms with Gasteiger partial charge in [0.15, 0.2) is 0 Å². The van der Waals surface area contributed by atoms with Gasteiger partial charge in [0, 0.05) is 23.9 Å². The minimum atomic E-state index is -4.58. The van der Waals surface area contributed by atoms with Crippen LogP contribution in [0.25, 0.3) is 5.57 Å². The Labute approximate surface area is 241 Å². The number of amidine groups is 2. The molecule has 2 aliphatic rings. The van der Waals surface area contributed by atoms with Crippen LogP contribution in [0.1, 0.15) is 75.6 Å². The van der Waals surface area contributed by atoms with Crippen molar-refractivity contribution >= 4 is 22.9 Å². The Bertz CT molecular complexity index is 1360. The van der Waals surface area contributed by atoms with Gasteiger partial charge >= 0.3 is 12.4 Å². The summed E-state index contributed by atoms with van der Waals surface area (Å²) in [6.45, 7) is 5.09. The van der Waals surface area contributed by atoms with Crippen molar-refractivity contribution in [1.29, 1.82) is 0 Å². The molecule has 0 amide bonds. The van der Waals surface area contributed by atoms with Crippen molar-refractivity contribution in [2.75, 3.05) is 18.4 Å². The number of fused-ring (bicyclic) bond motifs is 1. The molecule has 1 aliphatic heterocycles. The van der Waals surface area contributed by atoms with Crippen molar-refractivity contribution in [1.82, 2.24) is 10.3 Å². The van der Waals surface area contributed by atoms with Crippen molar-refractivity contribution < 1.29 is 26.3 Å².